The standard InChI is InChI=1S/C13H11ClN2.ClH/c14-10-7-5-9(6-8-10)11-3-1-2-4-12(11)13(15)16;/h1-8H,(H3,15,16);1H. The van der Waals surface area contributed by atoms with E-state index in [0.29, 0.717) is 5.02 Å². The summed E-state index contributed by atoms with van der Waals surface area (Å²) < 4.78 is 0. The molecule has 0 fully saturated rings. The van der Waals surface area contributed by atoms with Gasteiger partial charge in [0.1, 0.15) is 5.84 Å². The van der Waals surface area contributed by atoms with Crippen molar-refractivity contribution in [1.82, 2.24) is 0 Å². The lowest BCUT2D eigenvalue weighted by Gasteiger charge is -2.07. The summed E-state index contributed by atoms with van der Waals surface area (Å²) in [7, 11) is 0. The van der Waals surface area contributed by atoms with E-state index >= 15 is 0 Å². The van der Waals surface area contributed by atoms with E-state index in [4.69, 9.17) is 22.7 Å². The first kappa shape index (κ1) is 13.6. The van der Waals surface area contributed by atoms with E-state index in [1.165, 1.54) is 0 Å². The van der Waals surface area contributed by atoms with E-state index in [1.807, 2.05) is 48.5 Å². The van der Waals surface area contributed by atoms with Crippen LogP contribution in [0.25, 0.3) is 11.1 Å². The van der Waals surface area contributed by atoms with Crippen molar-refractivity contribution in [2.24, 2.45) is 5.73 Å². The Balaban J connectivity index is 0.00000144. The van der Waals surface area contributed by atoms with Crippen LogP contribution in [0.2, 0.25) is 5.02 Å². The van der Waals surface area contributed by atoms with Gasteiger partial charge >= 0.3 is 0 Å². The highest BCUT2D eigenvalue weighted by molar-refractivity contribution is 6.30. The van der Waals surface area contributed by atoms with Crippen LogP contribution in [0.15, 0.2) is 48.5 Å². The Labute approximate surface area is 111 Å². The second-order valence-electron chi connectivity index (χ2n) is 3.47. The molecule has 0 unspecified atom stereocenters. The van der Waals surface area contributed by atoms with Crippen LogP contribution in [0, 0.1) is 5.41 Å². The number of hydrogen-bond acceptors (Lipinski definition) is 1. The van der Waals surface area contributed by atoms with Gasteiger partial charge in [-0.1, -0.05) is 48.0 Å². The molecule has 0 saturated carbocycles. The highest BCUT2D eigenvalue weighted by Gasteiger charge is 2.06. The van der Waals surface area contributed by atoms with Gasteiger partial charge in [0.15, 0.2) is 0 Å². The number of hydrogen-bond donors (Lipinski definition) is 2. The first-order chi connectivity index (χ1) is 7.68. The predicted octanol–water partition coefficient (Wildman–Crippen LogP) is 3.71. The van der Waals surface area contributed by atoms with Crippen LogP contribution in [0.3, 0.4) is 0 Å². The van der Waals surface area contributed by atoms with Gasteiger partial charge in [0.2, 0.25) is 0 Å². The van der Waals surface area contributed by atoms with Gasteiger partial charge < -0.3 is 5.73 Å². The Hall–Kier alpha value is -1.51. The third-order valence-electron chi connectivity index (χ3n) is 2.37. The lowest BCUT2D eigenvalue weighted by molar-refractivity contribution is 1.42. The molecule has 0 heterocycles. The van der Waals surface area contributed by atoms with Crippen molar-refractivity contribution >= 4 is 29.8 Å². The third kappa shape index (κ3) is 2.99. The van der Waals surface area contributed by atoms with Crippen LogP contribution in [-0.2, 0) is 0 Å². The molecule has 0 radical (unpaired) electrons. The molecule has 0 aliphatic heterocycles. The molecule has 4 heteroatoms. The summed E-state index contributed by atoms with van der Waals surface area (Å²) in [6.07, 6.45) is 0. The number of halogens is 2. The van der Waals surface area contributed by atoms with Crippen molar-refractivity contribution in [3.8, 4) is 11.1 Å². The van der Waals surface area contributed by atoms with Crippen molar-refractivity contribution in [3.05, 3.63) is 59.1 Å². The Kier molecular flexibility index (Phi) is 4.55. The smallest absolute Gasteiger partial charge is 0.123 e. The second kappa shape index (κ2) is 5.71. The molecular weight excluding hydrogens is 255 g/mol. The Morgan fingerprint density at radius 2 is 1.59 bits per heavy atom. The van der Waals surface area contributed by atoms with E-state index < -0.39 is 0 Å². The van der Waals surface area contributed by atoms with E-state index in [2.05, 4.69) is 0 Å². The largest absolute Gasteiger partial charge is 0.384 e. The summed E-state index contributed by atoms with van der Waals surface area (Å²) in [5.74, 6) is 0.0746. The van der Waals surface area contributed by atoms with Crippen molar-refractivity contribution in [3.63, 3.8) is 0 Å². The van der Waals surface area contributed by atoms with E-state index in [9.17, 15) is 0 Å². The minimum Gasteiger partial charge on any atom is -0.384 e. The van der Waals surface area contributed by atoms with E-state index in [1.54, 1.807) is 0 Å². The molecule has 0 saturated heterocycles. The van der Waals surface area contributed by atoms with Crippen molar-refractivity contribution in [2.45, 2.75) is 0 Å². The first-order valence-corrected chi connectivity index (χ1v) is 5.25. The number of benzene rings is 2. The molecule has 0 amide bonds. The zero-order valence-electron chi connectivity index (χ0n) is 8.98. The quantitative estimate of drug-likeness (QED) is 0.632. The van der Waals surface area contributed by atoms with Gasteiger partial charge in [-0.25, -0.2) is 0 Å². The molecule has 17 heavy (non-hydrogen) atoms. The Morgan fingerprint density at radius 3 is 2.18 bits per heavy atom. The first-order valence-electron chi connectivity index (χ1n) is 4.88. The zero-order chi connectivity index (χ0) is 11.5. The summed E-state index contributed by atoms with van der Waals surface area (Å²) in [5.41, 5.74) is 8.24. The van der Waals surface area contributed by atoms with Crippen LogP contribution in [0.4, 0.5) is 0 Å². The van der Waals surface area contributed by atoms with Crippen molar-refractivity contribution in [2.75, 3.05) is 0 Å². The molecule has 3 N–H and O–H groups in total. The maximum absolute atomic E-state index is 7.52. The molecule has 0 spiro atoms. The van der Waals surface area contributed by atoms with Crippen LogP contribution < -0.4 is 5.73 Å². The molecule has 2 aromatic carbocycles. The topological polar surface area (TPSA) is 49.9 Å². The van der Waals surface area contributed by atoms with Crippen LogP contribution >= 0.6 is 24.0 Å². The van der Waals surface area contributed by atoms with Crippen LogP contribution in [-0.4, -0.2) is 5.84 Å². The number of rotatable bonds is 2. The number of amidine groups is 1. The average molecular weight is 267 g/mol. The maximum Gasteiger partial charge on any atom is 0.123 e. The molecule has 0 aliphatic rings. The molecule has 2 aromatic rings. The van der Waals surface area contributed by atoms with Gasteiger partial charge in [0.25, 0.3) is 0 Å². The molecule has 0 aromatic heterocycles. The molecule has 0 bridgehead atoms. The van der Waals surface area contributed by atoms with Crippen LogP contribution in [0.5, 0.6) is 0 Å². The highest BCUT2D eigenvalue weighted by Crippen LogP contribution is 2.24. The fraction of sp³-hybridized carbons (Fsp3) is 0. The van der Waals surface area contributed by atoms with Crippen LogP contribution in [0.1, 0.15) is 5.56 Å². The summed E-state index contributed by atoms with van der Waals surface area (Å²) in [6, 6.07) is 15.1. The Morgan fingerprint density at radius 1 is 1.00 bits per heavy atom. The number of nitrogens with one attached hydrogen (secondary N) is 1. The van der Waals surface area contributed by atoms with E-state index in [-0.39, 0.29) is 18.2 Å². The summed E-state index contributed by atoms with van der Waals surface area (Å²) in [6.45, 7) is 0. The fourth-order valence-corrected chi connectivity index (χ4v) is 1.73. The lowest BCUT2D eigenvalue weighted by atomic mass is 9.99. The van der Waals surface area contributed by atoms with Gasteiger partial charge in [-0.2, -0.15) is 0 Å². The zero-order valence-corrected chi connectivity index (χ0v) is 10.6. The molecule has 88 valence electrons. The minimum atomic E-state index is 0. The SMILES string of the molecule is Cl.N=C(N)c1ccccc1-c1ccc(Cl)cc1. The van der Waals surface area contributed by atoms with Gasteiger partial charge in [-0.05, 0) is 23.3 Å². The van der Waals surface area contributed by atoms with Gasteiger partial charge in [-0.15, -0.1) is 12.4 Å². The maximum atomic E-state index is 7.52. The van der Waals surface area contributed by atoms with Crippen molar-refractivity contribution in [1.29, 1.82) is 5.41 Å². The third-order valence-corrected chi connectivity index (χ3v) is 2.62. The molecule has 0 aliphatic carbocycles. The second-order valence-corrected chi connectivity index (χ2v) is 3.90. The monoisotopic (exact) mass is 266 g/mol. The minimum absolute atomic E-state index is 0. The molecule has 0 atom stereocenters. The molecule has 2 rings (SSSR count). The number of nitrogens with two attached hydrogens (primary N) is 1. The van der Waals surface area contributed by atoms with Crippen molar-refractivity contribution < 1.29 is 0 Å². The normalized spacial score (nSPS) is 9.47. The summed E-state index contributed by atoms with van der Waals surface area (Å²) in [4.78, 5) is 0. The predicted molar refractivity (Wildman–Crippen MR) is 75.2 cm³/mol. The Bertz CT molecular complexity index is 521. The van der Waals surface area contributed by atoms with Gasteiger partial charge in [0.05, 0.1) is 0 Å². The number of nitrogen functional groups attached to an aromatic ring is 1. The molecular formula is C13H12Cl2N2. The van der Waals surface area contributed by atoms with Gasteiger partial charge in [0, 0.05) is 10.6 Å². The lowest BCUT2D eigenvalue weighted by Crippen LogP contribution is -2.12. The average Bonchev–Trinajstić information content (AvgIpc) is 2.30. The van der Waals surface area contributed by atoms with Gasteiger partial charge in [-0.3, -0.25) is 5.41 Å². The highest BCUT2D eigenvalue weighted by atomic mass is 35.5. The fourth-order valence-electron chi connectivity index (χ4n) is 1.60. The molecule has 2 nitrogen and oxygen atoms in total. The summed E-state index contributed by atoms with van der Waals surface area (Å²) >= 11 is 5.83. The summed E-state index contributed by atoms with van der Waals surface area (Å²) in [5, 5.41) is 8.22. The van der Waals surface area contributed by atoms with E-state index in [0.717, 1.165) is 16.7 Å².